The Kier molecular flexibility index (Phi) is 5.65. The van der Waals surface area contributed by atoms with Crippen molar-refractivity contribution in [1.29, 1.82) is 0 Å². The van der Waals surface area contributed by atoms with Crippen LogP contribution in [0.4, 0.5) is 19.3 Å². The van der Waals surface area contributed by atoms with Crippen LogP contribution in [0.1, 0.15) is 26.7 Å². The van der Waals surface area contributed by atoms with Crippen molar-refractivity contribution < 1.29 is 23.5 Å². The number of aliphatic carboxylic acids is 1. The Labute approximate surface area is 128 Å². The van der Waals surface area contributed by atoms with Crippen LogP contribution in [0.3, 0.4) is 0 Å². The molecule has 2 amide bonds. The monoisotopic (exact) mass is 364 g/mol. The number of benzene rings is 1. The van der Waals surface area contributed by atoms with E-state index in [2.05, 4.69) is 26.6 Å². The molecule has 0 aromatic heterocycles. The van der Waals surface area contributed by atoms with Crippen molar-refractivity contribution in [2.75, 3.05) is 5.32 Å². The van der Waals surface area contributed by atoms with Gasteiger partial charge in [0.25, 0.3) is 0 Å². The van der Waals surface area contributed by atoms with Gasteiger partial charge in [0.15, 0.2) is 5.82 Å². The van der Waals surface area contributed by atoms with Crippen molar-refractivity contribution >= 4 is 33.6 Å². The molecule has 0 saturated carbocycles. The molecule has 3 N–H and O–H groups in total. The number of carbonyl (C=O) groups is 2. The van der Waals surface area contributed by atoms with E-state index >= 15 is 0 Å². The highest BCUT2D eigenvalue weighted by Gasteiger charge is 2.36. The summed E-state index contributed by atoms with van der Waals surface area (Å²) in [7, 11) is 0. The number of halogens is 3. The highest BCUT2D eigenvalue weighted by Crippen LogP contribution is 2.27. The van der Waals surface area contributed by atoms with Crippen molar-refractivity contribution in [3.05, 3.63) is 28.2 Å². The van der Waals surface area contributed by atoms with Gasteiger partial charge in [-0.3, -0.25) is 0 Å². The Morgan fingerprint density at radius 2 is 1.86 bits per heavy atom. The molecule has 116 valence electrons. The quantitative estimate of drug-likeness (QED) is 0.748. The van der Waals surface area contributed by atoms with Crippen LogP contribution in [0.25, 0.3) is 0 Å². The van der Waals surface area contributed by atoms with E-state index in [0.29, 0.717) is 6.07 Å². The van der Waals surface area contributed by atoms with Gasteiger partial charge in [0.2, 0.25) is 0 Å². The molecule has 0 aliphatic carbocycles. The van der Waals surface area contributed by atoms with E-state index in [1.54, 1.807) is 13.8 Å². The molecule has 0 saturated heterocycles. The third-order valence-electron chi connectivity index (χ3n) is 3.21. The largest absolute Gasteiger partial charge is 0.480 e. The highest BCUT2D eigenvalue weighted by atomic mass is 79.9. The molecule has 1 aromatic rings. The molecule has 21 heavy (non-hydrogen) atoms. The Hall–Kier alpha value is -1.70. The minimum Gasteiger partial charge on any atom is -0.480 e. The van der Waals surface area contributed by atoms with E-state index in [0.717, 1.165) is 6.07 Å². The zero-order valence-electron chi connectivity index (χ0n) is 11.5. The van der Waals surface area contributed by atoms with Crippen molar-refractivity contribution in [2.24, 2.45) is 0 Å². The van der Waals surface area contributed by atoms with Crippen LogP contribution in [0, 0.1) is 11.6 Å². The smallest absolute Gasteiger partial charge is 0.329 e. The van der Waals surface area contributed by atoms with Gasteiger partial charge >= 0.3 is 12.0 Å². The topological polar surface area (TPSA) is 78.4 Å². The molecule has 0 atom stereocenters. The SMILES string of the molecule is CCC(CC)(NC(=O)Nc1c(F)cc(F)cc1Br)C(=O)O. The maximum absolute atomic E-state index is 13.6. The number of amides is 2. The van der Waals surface area contributed by atoms with Crippen molar-refractivity contribution in [2.45, 2.75) is 32.2 Å². The van der Waals surface area contributed by atoms with Crippen LogP contribution in [0.5, 0.6) is 0 Å². The average Bonchev–Trinajstić information content (AvgIpc) is 2.40. The van der Waals surface area contributed by atoms with Gasteiger partial charge in [-0.25, -0.2) is 18.4 Å². The number of carboxylic acids is 1. The fourth-order valence-corrected chi connectivity index (χ4v) is 2.31. The Balaban J connectivity index is 2.95. The number of hydrogen-bond acceptors (Lipinski definition) is 2. The lowest BCUT2D eigenvalue weighted by Gasteiger charge is -2.28. The third kappa shape index (κ3) is 3.90. The van der Waals surface area contributed by atoms with Crippen molar-refractivity contribution in [3.63, 3.8) is 0 Å². The van der Waals surface area contributed by atoms with Crippen molar-refractivity contribution in [3.8, 4) is 0 Å². The molecule has 0 fully saturated rings. The molecule has 0 bridgehead atoms. The second-order valence-electron chi connectivity index (χ2n) is 4.42. The number of nitrogens with one attached hydrogen (secondary N) is 2. The van der Waals surface area contributed by atoms with Crippen LogP contribution in [-0.4, -0.2) is 22.6 Å². The molecule has 0 aliphatic rings. The third-order valence-corrected chi connectivity index (χ3v) is 3.84. The lowest BCUT2D eigenvalue weighted by Crippen LogP contribution is -2.55. The zero-order valence-corrected chi connectivity index (χ0v) is 13.1. The molecule has 0 unspecified atom stereocenters. The van der Waals surface area contributed by atoms with Crippen LogP contribution in [0.2, 0.25) is 0 Å². The fourth-order valence-electron chi connectivity index (χ4n) is 1.81. The van der Waals surface area contributed by atoms with Crippen molar-refractivity contribution in [1.82, 2.24) is 5.32 Å². The first-order valence-corrected chi connectivity index (χ1v) is 7.02. The van der Waals surface area contributed by atoms with Gasteiger partial charge in [0.05, 0.1) is 5.69 Å². The van der Waals surface area contributed by atoms with E-state index < -0.39 is 29.2 Å². The van der Waals surface area contributed by atoms with E-state index in [4.69, 9.17) is 0 Å². The molecular formula is C13H15BrF2N2O3. The van der Waals surface area contributed by atoms with Gasteiger partial charge in [0, 0.05) is 10.5 Å². The summed E-state index contributed by atoms with van der Waals surface area (Å²) < 4.78 is 26.6. The van der Waals surface area contributed by atoms with E-state index in [9.17, 15) is 23.5 Å². The van der Waals surface area contributed by atoms with Gasteiger partial charge in [-0.2, -0.15) is 0 Å². The number of carbonyl (C=O) groups excluding carboxylic acids is 1. The molecule has 1 aromatic carbocycles. The number of anilines is 1. The molecular weight excluding hydrogens is 350 g/mol. The van der Waals surface area contributed by atoms with E-state index in [-0.39, 0.29) is 23.0 Å². The van der Waals surface area contributed by atoms with Gasteiger partial charge < -0.3 is 15.7 Å². The number of hydrogen-bond donors (Lipinski definition) is 3. The van der Waals surface area contributed by atoms with E-state index in [1.807, 2.05) is 0 Å². The number of rotatable bonds is 5. The maximum atomic E-state index is 13.6. The molecule has 1 rings (SSSR count). The predicted octanol–water partition coefficient (Wildman–Crippen LogP) is 3.49. The standard InChI is InChI=1S/C13H15BrF2N2O3/c1-3-13(4-2,11(19)20)18-12(21)17-10-8(14)5-7(15)6-9(10)16/h5-6H,3-4H2,1-2H3,(H,19,20)(H2,17,18,21). The van der Waals surface area contributed by atoms with Crippen LogP contribution in [-0.2, 0) is 4.79 Å². The van der Waals surface area contributed by atoms with Gasteiger partial charge in [-0.1, -0.05) is 13.8 Å². The lowest BCUT2D eigenvalue weighted by molar-refractivity contribution is -0.144. The first-order chi connectivity index (χ1) is 9.75. The summed E-state index contributed by atoms with van der Waals surface area (Å²) in [6.45, 7) is 3.23. The molecule has 0 heterocycles. The second kappa shape index (κ2) is 6.84. The van der Waals surface area contributed by atoms with Crippen LogP contribution < -0.4 is 10.6 Å². The normalized spacial score (nSPS) is 11.1. The second-order valence-corrected chi connectivity index (χ2v) is 5.27. The van der Waals surface area contributed by atoms with Gasteiger partial charge in [-0.15, -0.1) is 0 Å². The van der Waals surface area contributed by atoms with Crippen LogP contribution in [0.15, 0.2) is 16.6 Å². The molecule has 5 nitrogen and oxygen atoms in total. The summed E-state index contributed by atoms with van der Waals surface area (Å²) in [4.78, 5) is 23.1. The minimum atomic E-state index is -1.44. The summed E-state index contributed by atoms with van der Waals surface area (Å²) in [5.41, 5.74) is -1.70. The van der Waals surface area contributed by atoms with Crippen LogP contribution >= 0.6 is 15.9 Å². The summed E-state index contributed by atoms with van der Waals surface area (Å²) in [5, 5.41) is 13.7. The maximum Gasteiger partial charge on any atom is 0.329 e. The van der Waals surface area contributed by atoms with E-state index in [1.165, 1.54) is 0 Å². The number of carboxylic acid groups (broad SMARTS) is 1. The molecule has 0 spiro atoms. The lowest BCUT2D eigenvalue weighted by atomic mass is 9.93. The Bertz CT molecular complexity index is 539. The Morgan fingerprint density at radius 1 is 1.29 bits per heavy atom. The Morgan fingerprint density at radius 3 is 2.29 bits per heavy atom. The van der Waals surface area contributed by atoms with Gasteiger partial charge in [0.1, 0.15) is 11.4 Å². The molecule has 0 radical (unpaired) electrons. The van der Waals surface area contributed by atoms with Gasteiger partial charge in [-0.05, 0) is 34.8 Å². The minimum absolute atomic E-state index is 0.0177. The number of urea groups is 1. The zero-order chi connectivity index (χ0) is 16.2. The summed E-state index contributed by atoms with van der Waals surface area (Å²) in [5.74, 6) is -2.94. The predicted molar refractivity (Wildman–Crippen MR) is 77.2 cm³/mol. The first kappa shape index (κ1) is 17.4. The summed E-state index contributed by atoms with van der Waals surface area (Å²) in [6.07, 6.45) is 0.332. The summed E-state index contributed by atoms with van der Waals surface area (Å²) >= 11 is 2.93. The molecule has 0 aliphatic heterocycles. The molecule has 8 heteroatoms. The fraction of sp³-hybridized carbons (Fsp3) is 0.385. The summed E-state index contributed by atoms with van der Waals surface area (Å²) in [6, 6.07) is 0.722. The highest BCUT2D eigenvalue weighted by molar-refractivity contribution is 9.10. The average molecular weight is 365 g/mol. The first-order valence-electron chi connectivity index (χ1n) is 6.22.